The predicted octanol–water partition coefficient (Wildman–Crippen LogP) is -0.487. The molecule has 0 saturated carbocycles. The Morgan fingerprint density at radius 2 is 2.19 bits per heavy atom. The predicted molar refractivity (Wildman–Crippen MR) is 49.0 cm³/mol. The highest BCUT2D eigenvalue weighted by Crippen LogP contribution is 2.30. The van der Waals surface area contributed by atoms with E-state index in [9.17, 15) is 13.2 Å². The van der Waals surface area contributed by atoms with Crippen LogP contribution in [0.3, 0.4) is 0 Å². The summed E-state index contributed by atoms with van der Waals surface area (Å²) in [5, 5.41) is 9.39. The minimum atomic E-state index is -4.71. The highest BCUT2D eigenvalue weighted by molar-refractivity contribution is 7.80. The summed E-state index contributed by atoms with van der Waals surface area (Å²) in [5.74, 6) is 0. The van der Waals surface area contributed by atoms with Gasteiger partial charge in [0.05, 0.1) is 12.1 Å². The van der Waals surface area contributed by atoms with E-state index >= 15 is 0 Å². The van der Waals surface area contributed by atoms with Crippen molar-refractivity contribution in [2.75, 3.05) is 6.54 Å². The number of hydroxylamine groups is 2. The second-order valence-electron chi connectivity index (χ2n) is 3.64. The van der Waals surface area contributed by atoms with Crippen LogP contribution in [0.25, 0.3) is 0 Å². The Kier molecular flexibility index (Phi) is 2.49. The Bertz CT molecular complexity index is 455. The summed E-state index contributed by atoms with van der Waals surface area (Å²) in [6, 6.07) is 0.266. The summed E-state index contributed by atoms with van der Waals surface area (Å²) in [6.07, 6.45) is 0.939. The highest BCUT2D eigenvalue weighted by Gasteiger charge is 2.47. The molecule has 2 aliphatic rings. The number of hydrogen-bond acceptors (Lipinski definition) is 5. The Balaban J connectivity index is 2.20. The fourth-order valence-corrected chi connectivity index (χ4v) is 2.35. The molecule has 2 aliphatic heterocycles. The Morgan fingerprint density at radius 3 is 2.75 bits per heavy atom. The van der Waals surface area contributed by atoms with Crippen molar-refractivity contribution in [1.29, 1.82) is 5.26 Å². The third-order valence-corrected chi connectivity index (χ3v) is 3.00. The quantitative estimate of drug-likeness (QED) is 0.659. The van der Waals surface area contributed by atoms with Crippen LogP contribution in [0.5, 0.6) is 0 Å². The second-order valence-corrected chi connectivity index (χ2v) is 4.64. The maximum absolute atomic E-state index is 11.6. The summed E-state index contributed by atoms with van der Waals surface area (Å²) in [6.45, 7) is 0.243. The zero-order chi connectivity index (χ0) is 11.9. The molecule has 2 rings (SSSR count). The van der Waals surface area contributed by atoms with Gasteiger partial charge in [-0.05, 0) is 12.8 Å². The van der Waals surface area contributed by atoms with Gasteiger partial charge in [-0.2, -0.15) is 18.7 Å². The van der Waals surface area contributed by atoms with E-state index in [1.807, 2.05) is 6.07 Å². The van der Waals surface area contributed by atoms with Crippen LogP contribution in [0.4, 0.5) is 4.79 Å². The largest absolute Gasteiger partial charge is 0.418 e. The molecule has 8 nitrogen and oxygen atoms in total. The summed E-state index contributed by atoms with van der Waals surface area (Å²) in [5.41, 5.74) is 0. The van der Waals surface area contributed by atoms with Crippen LogP contribution >= 0.6 is 0 Å². The van der Waals surface area contributed by atoms with Gasteiger partial charge < -0.3 is 4.90 Å². The zero-order valence-electron chi connectivity index (χ0n) is 8.11. The maximum atomic E-state index is 11.6. The van der Waals surface area contributed by atoms with Crippen LogP contribution in [0, 0.1) is 11.3 Å². The SMILES string of the molecule is N#C[C@@H]1CC[C@@H]2CN1C(=O)N2OS(=O)(=O)O. The van der Waals surface area contributed by atoms with E-state index in [-0.39, 0.29) is 6.54 Å². The van der Waals surface area contributed by atoms with E-state index in [4.69, 9.17) is 9.81 Å². The third kappa shape index (κ3) is 1.82. The van der Waals surface area contributed by atoms with Crippen LogP contribution < -0.4 is 0 Å². The second kappa shape index (κ2) is 3.58. The minimum absolute atomic E-state index is 0.243. The van der Waals surface area contributed by atoms with Gasteiger partial charge in [0.1, 0.15) is 6.04 Å². The van der Waals surface area contributed by atoms with Crippen LogP contribution in [0.2, 0.25) is 0 Å². The summed E-state index contributed by atoms with van der Waals surface area (Å²) >= 11 is 0. The lowest BCUT2D eigenvalue weighted by Crippen LogP contribution is -2.38. The molecule has 2 fully saturated rings. The average molecular weight is 247 g/mol. The molecule has 0 unspecified atom stereocenters. The molecule has 88 valence electrons. The standard InChI is InChI=1S/C7H9N3O5S/c8-3-5-1-2-6-4-9(5)7(11)10(6)15-16(12,13)14/h5-6H,1-2,4H2,(H,12,13,14)/t5-,6+/m0/s1. The molecule has 2 heterocycles. The number of carbonyl (C=O) groups excluding carboxylic acids is 1. The molecule has 1 N–H and O–H groups in total. The number of hydrogen-bond donors (Lipinski definition) is 1. The lowest BCUT2D eigenvalue weighted by molar-refractivity contribution is -0.0316. The van der Waals surface area contributed by atoms with E-state index in [2.05, 4.69) is 4.28 Å². The number of amides is 2. The molecule has 2 saturated heterocycles. The van der Waals surface area contributed by atoms with Gasteiger partial charge in [-0.15, -0.1) is 4.28 Å². The molecule has 16 heavy (non-hydrogen) atoms. The van der Waals surface area contributed by atoms with Crippen molar-refractivity contribution in [3.05, 3.63) is 0 Å². The number of rotatable bonds is 2. The Hall–Kier alpha value is -1.37. The van der Waals surface area contributed by atoms with Gasteiger partial charge in [0.15, 0.2) is 0 Å². The van der Waals surface area contributed by atoms with E-state index in [0.717, 1.165) is 0 Å². The smallest absolute Gasteiger partial charge is 0.305 e. The molecule has 0 aromatic rings. The van der Waals surface area contributed by atoms with Crippen molar-refractivity contribution in [2.45, 2.75) is 24.9 Å². The molecule has 0 aromatic heterocycles. The molecule has 9 heteroatoms. The fourth-order valence-electron chi connectivity index (χ4n) is 1.97. The molecule has 2 bridgehead atoms. The number of nitrogens with zero attached hydrogens (tertiary/aromatic N) is 3. The monoisotopic (exact) mass is 247 g/mol. The molecule has 0 aliphatic carbocycles. The molecule has 0 radical (unpaired) electrons. The summed E-state index contributed by atoms with van der Waals surface area (Å²) in [4.78, 5) is 12.9. The first-order valence-corrected chi connectivity index (χ1v) is 5.95. The Labute approximate surface area is 91.9 Å². The number of urea groups is 1. The lowest BCUT2D eigenvalue weighted by atomic mass is 10.0. The number of nitriles is 1. The molecule has 0 aromatic carbocycles. The van der Waals surface area contributed by atoms with Gasteiger partial charge in [-0.1, -0.05) is 0 Å². The van der Waals surface area contributed by atoms with Gasteiger partial charge in [0, 0.05) is 6.54 Å². The van der Waals surface area contributed by atoms with Crippen molar-refractivity contribution in [3.63, 3.8) is 0 Å². The van der Waals surface area contributed by atoms with Crippen molar-refractivity contribution in [2.24, 2.45) is 0 Å². The highest BCUT2D eigenvalue weighted by atomic mass is 32.3. The normalized spacial score (nSPS) is 29.4. The van der Waals surface area contributed by atoms with Crippen molar-refractivity contribution >= 4 is 16.4 Å². The van der Waals surface area contributed by atoms with Crippen LogP contribution in [-0.2, 0) is 14.7 Å². The van der Waals surface area contributed by atoms with Crippen molar-refractivity contribution in [1.82, 2.24) is 9.96 Å². The van der Waals surface area contributed by atoms with E-state index < -0.39 is 28.5 Å². The summed E-state index contributed by atoms with van der Waals surface area (Å²) < 4.78 is 33.7. The van der Waals surface area contributed by atoms with Gasteiger partial charge in [0.2, 0.25) is 0 Å². The fraction of sp³-hybridized carbons (Fsp3) is 0.714. The zero-order valence-corrected chi connectivity index (χ0v) is 8.92. The first-order chi connectivity index (χ1) is 7.42. The third-order valence-electron chi connectivity index (χ3n) is 2.65. The number of carbonyl (C=O) groups is 1. The first kappa shape index (κ1) is 11.1. The van der Waals surface area contributed by atoms with E-state index in [0.29, 0.717) is 17.9 Å². The van der Waals surface area contributed by atoms with Crippen LogP contribution in [0.15, 0.2) is 0 Å². The van der Waals surface area contributed by atoms with E-state index in [1.165, 1.54) is 4.90 Å². The average Bonchev–Trinajstić information content (AvgIpc) is 2.43. The maximum Gasteiger partial charge on any atom is 0.418 e. The van der Waals surface area contributed by atoms with E-state index in [1.54, 1.807) is 0 Å². The number of piperidine rings is 1. The Morgan fingerprint density at radius 1 is 1.50 bits per heavy atom. The van der Waals surface area contributed by atoms with Gasteiger partial charge in [-0.3, -0.25) is 4.55 Å². The van der Waals surface area contributed by atoms with Crippen LogP contribution in [0.1, 0.15) is 12.8 Å². The van der Waals surface area contributed by atoms with Gasteiger partial charge in [-0.25, -0.2) is 4.79 Å². The van der Waals surface area contributed by atoms with Crippen molar-refractivity contribution in [3.8, 4) is 6.07 Å². The van der Waals surface area contributed by atoms with Gasteiger partial charge in [0.25, 0.3) is 0 Å². The molecular formula is C7H9N3O5S. The summed E-state index contributed by atoms with van der Waals surface area (Å²) in [7, 11) is -4.71. The first-order valence-electron chi connectivity index (χ1n) is 4.59. The molecular weight excluding hydrogens is 238 g/mol. The number of fused-ring (bicyclic) bond motifs is 2. The molecule has 0 spiro atoms. The minimum Gasteiger partial charge on any atom is -0.305 e. The topological polar surface area (TPSA) is 111 Å². The lowest BCUT2D eigenvalue weighted by Gasteiger charge is -2.24. The molecule has 2 atom stereocenters. The van der Waals surface area contributed by atoms with Crippen LogP contribution in [-0.4, -0.2) is 47.6 Å². The van der Waals surface area contributed by atoms with Gasteiger partial charge >= 0.3 is 16.4 Å². The molecule has 2 amide bonds. The van der Waals surface area contributed by atoms with Crippen molar-refractivity contribution < 1.29 is 22.0 Å².